The summed E-state index contributed by atoms with van der Waals surface area (Å²) in [4.78, 5) is 0. The molecule has 0 radical (unpaired) electrons. The van der Waals surface area contributed by atoms with Crippen molar-refractivity contribution in [3.05, 3.63) is 210 Å². The fraction of sp³-hybridized carbons (Fsp3) is 0.213. The lowest BCUT2D eigenvalue weighted by molar-refractivity contribution is -0.316. The van der Waals surface area contributed by atoms with E-state index in [0.717, 1.165) is 27.8 Å². The van der Waals surface area contributed by atoms with Crippen molar-refractivity contribution in [3.63, 3.8) is 0 Å². The predicted molar refractivity (Wildman–Crippen MR) is 215 cm³/mol. The highest BCUT2D eigenvalue weighted by Gasteiger charge is 2.51. The van der Waals surface area contributed by atoms with Gasteiger partial charge >= 0.3 is 5.24 Å². The maximum atomic E-state index is 7.28. The molecule has 0 aromatic heterocycles. The van der Waals surface area contributed by atoms with Gasteiger partial charge in [0.1, 0.15) is 29.7 Å². The number of methoxy groups -OCH3 is 1. The van der Waals surface area contributed by atoms with Gasteiger partial charge in [-0.25, -0.2) is 0 Å². The number of para-hydroxylation sites is 1. The molecule has 6 aromatic carbocycles. The molecule has 1 aliphatic rings. The lowest BCUT2D eigenvalue weighted by atomic mass is 9.80. The van der Waals surface area contributed by atoms with Gasteiger partial charge in [0.05, 0.1) is 19.8 Å². The molecular weight excluding hydrogens is 709 g/mol. The van der Waals surface area contributed by atoms with Crippen molar-refractivity contribution >= 4 is 17.5 Å². The Morgan fingerprint density at radius 2 is 0.964 bits per heavy atom. The Balaban J connectivity index is 1.28. The van der Waals surface area contributed by atoms with E-state index in [1.807, 2.05) is 146 Å². The van der Waals surface area contributed by atoms with Crippen molar-refractivity contribution in [2.75, 3.05) is 13.7 Å². The Hall–Kier alpha value is -5.19. The van der Waals surface area contributed by atoms with Crippen LogP contribution in [0.15, 0.2) is 182 Å². The number of hydrogen-bond donors (Lipinski definition) is 0. The minimum Gasteiger partial charge on any atom is -0.447 e. The van der Waals surface area contributed by atoms with E-state index in [0.29, 0.717) is 5.75 Å². The number of ether oxygens (including phenoxy) is 7. The molecule has 0 unspecified atom stereocenters. The second kappa shape index (κ2) is 18.9. The summed E-state index contributed by atoms with van der Waals surface area (Å²) in [5.41, 5.74) is 3.80. The van der Waals surface area contributed by atoms with Gasteiger partial charge in [-0.1, -0.05) is 170 Å². The summed E-state index contributed by atoms with van der Waals surface area (Å²) < 4.78 is 46.2. The van der Waals surface area contributed by atoms with E-state index in [1.165, 1.54) is 0 Å². The van der Waals surface area contributed by atoms with Crippen LogP contribution in [0, 0.1) is 0 Å². The lowest BCUT2D eigenvalue weighted by Gasteiger charge is -2.46. The average molecular weight is 753 g/mol. The number of hydrogen-bond acceptors (Lipinski definition) is 8. The van der Waals surface area contributed by atoms with Crippen LogP contribution >= 0.6 is 12.2 Å². The molecule has 1 fully saturated rings. The van der Waals surface area contributed by atoms with Gasteiger partial charge in [-0.05, 0) is 39.9 Å². The smallest absolute Gasteiger partial charge is 0.358 e. The van der Waals surface area contributed by atoms with Crippen LogP contribution in [0.1, 0.15) is 27.8 Å². The topological polar surface area (TPSA) is 64.6 Å². The summed E-state index contributed by atoms with van der Waals surface area (Å²) in [5.74, 6) is 0.543. The van der Waals surface area contributed by atoms with Gasteiger partial charge in [0.25, 0.3) is 0 Å². The molecule has 8 heteroatoms. The second-order valence-corrected chi connectivity index (χ2v) is 13.5. The van der Waals surface area contributed by atoms with Crippen molar-refractivity contribution in [3.8, 4) is 5.75 Å². The highest BCUT2D eigenvalue weighted by molar-refractivity contribution is 7.79. The molecule has 1 saturated heterocycles. The van der Waals surface area contributed by atoms with Crippen molar-refractivity contribution in [1.29, 1.82) is 0 Å². The maximum absolute atomic E-state index is 7.28. The fourth-order valence-electron chi connectivity index (χ4n) is 6.94. The van der Waals surface area contributed by atoms with Gasteiger partial charge in [0.2, 0.25) is 0 Å². The van der Waals surface area contributed by atoms with E-state index in [-0.39, 0.29) is 25.1 Å². The summed E-state index contributed by atoms with van der Waals surface area (Å²) in [5, 5.41) is -0.0868. The highest BCUT2D eigenvalue weighted by Crippen LogP contribution is 2.42. The first-order valence-corrected chi connectivity index (χ1v) is 18.8. The third-order valence-electron chi connectivity index (χ3n) is 9.58. The van der Waals surface area contributed by atoms with E-state index < -0.39 is 36.3 Å². The molecule has 1 heterocycles. The van der Waals surface area contributed by atoms with Crippen LogP contribution in [0.3, 0.4) is 0 Å². The van der Waals surface area contributed by atoms with Crippen molar-refractivity contribution in [2.24, 2.45) is 0 Å². The summed E-state index contributed by atoms with van der Waals surface area (Å²) >= 11 is 5.76. The Morgan fingerprint density at radius 3 is 1.42 bits per heavy atom. The molecule has 5 atom stereocenters. The zero-order valence-corrected chi connectivity index (χ0v) is 31.4. The SMILES string of the molecule is CO[C@H]1O[C@H](COC(c2ccccc2)(c2ccccc2)c2ccccc2)[C@@H](OC(=S)Oc2ccccc2)[C@H](OCc2ccccc2)[C@H]1OCc1ccccc1. The molecule has 7 rings (SSSR count). The van der Waals surface area contributed by atoms with Gasteiger partial charge in [-0.3, -0.25) is 0 Å². The first-order chi connectivity index (χ1) is 27.1. The minimum atomic E-state index is -1.03. The molecule has 0 spiro atoms. The van der Waals surface area contributed by atoms with Crippen LogP contribution in [0.5, 0.6) is 5.75 Å². The van der Waals surface area contributed by atoms with Gasteiger partial charge in [-0.15, -0.1) is 0 Å². The fourth-order valence-corrected chi connectivity index (χ4v) is 7.15. The predicted octanol–water partition coefficient (Wildman–Crippen LogP) is 9.29. The summed E-state index contributed by atoms with van der Waals surface area (Å²) in [6.07, 6.45) is -3.94. The standard InChI is InChI=1S/C47H44O7S/c1-48-45-44(50-33-36-22-10-3-11-23-36)43(49-32-35-20-8-2-9-21-35)42(54-46(55)52-40-30-18-7-19-31-40)41(53-45)34-51-47(37-24-12-4-13-25-37,38-26-14-5-15-27-38)39-28-16-6-17-29-39/h2-31,41-45H,32-34H2,1H3/t41-,42-,43+,44-,45+/m1/s1. The monoisotopic (exact) mass is 752 g/mol. The molecular formula is C47H44O7S. The third kappa shape index (κ3) is 9.37. The molecule has 0 N–H and O–H groups in total. The Labute approximate surface area is 328 Å². The Kier molecular flexibility index (Phi) is 13.1. The summed E-state index contributed by atoms with van der Waals surface area (Å²) in [6.45, 7) is 0.612. The van der Waals surface area contributed by atoms with Gasteiger partial charge < -0.3 is 33.2 Å². The largest absolute Gasteiger partial charge is 0.447 e. The van der Waals surface area contributed by atoms with Crippen LogP contribution in [0.4, 0.5) is 0 Å². The maximum Gasteiger partial charge on any atom is 0.358 e. The van der Waals surface area contributed by atoms with Gasteiger partial charge in [0.15, 0.2) is 12.4 Å². The number of rotatable bonds is 15. The van der Waals surface area contributed by atoms with Gasteiger partial charge in [-0.2, -0.15) is 0 Å². The first kappa shape index (κ1) is 38.1. The molecule has 0 amide bonds. The van der Waals surface area contributed by atoms with Crippen molar-refractivity contribution in [1.82, 2.24) is 0 Å². The van der Waals surface area contributed by atoms with E-state index in [9.17, 15) is 0 Å². The molecule has 1 aliphatic heterocycles. The number of thiocarbonyl (C=S) groups is 1. The third-order valence-corrected chi connectivity index (χ3v) is 9.76. The first-order valence-electron chi connectivity index (χ1n) is 18.4. The average Bonchev–Trinajstić information content (AvgIpc) is 3.25. The Bertz CT molecular complexity index is 1920. The van der Waals surface area contributed by atoms with Crippen LogP contribution < -0.4 is 4.74 Å². The zero-order chi connectivity index (χ0) is 37.7. The molecule has 0 aliphatic carbocycles. The molecule has 6 aromatic rings. The quantitative estimate of drug-likeness (QED) is 0.0760. The zero-order valence-electron chi connectivity index (χ0n) is 30.6. The minimum absolute atomic E-state index is 0.0494. The number of benzene rings is 6. The van der Waals surface area contributed by atoms with Crippen molar-refractivity contribution in [2.45, 2.75) is 49.5 Å². The van der Waals surface area contributed by atoms with Crippen LogP contribution in [-0.4, -0.2) is 49.7 Å². The van der Waals surface area contributed by atoms with E-state index in [1.54, 1.807) is 7.11 Å². The van der Waals surface area contributed by atoms with Crippen molar-refractivity contribution < 1.29 is 33.2 Å². The van der Waals surface area contributed by atoms with Gasteiger partial charge in [0, 0.05) is 19.3 Å². The molecule has 0 saturated carbocycles. The van der Waals surface area contributed by atoms with E-state index in [4.69, 9.17) is 45.4 Å². The highest BCUT2D eigenvalue weighted by atomic mass is 32.1. The van der Waals surface area contributed by atoms with Crippen LogP contribution in [-0.2, 0) is 47.2 Å². The van der Waals surface area contributed by atoms with Crippen LogP contribution in [0.25, 0.3) is 0 Å². The van der Waals surface area contributed by atoms with Crippen LogP contribution in [0.2, 0.25) is 0 Å². The molecule has 0 bridgehead atoms. The normalized spacial score (nSPS) is 19.7. The molecule has 280 valence electrons. The lowest BCUT2D eigenvalue weighted by Crippen LogP contribution is -2.62. The summed E-state index contributed by atoms with van der Waals surface area (Å²) in [6, 6.07) is 59.8. The van der Waals surface area contributed by atoms with E-state index >= 15 is 0 Å². The summed E-state index contributed by atoms with van der Waals surface area (Å²) in [7, 11) is 1.60. The Morgan fingerprint density at radius 1 is 0.545 bits per heavy atom. The van der Waals surface area contributed by atoms with E-state index in [2.05, 4.69) is 36.4 Å². The molecule has 7 nitrogen and oxygen atoms in total. The second-order valence-electron chi connectivity index (χ2n) is 13.1. The molecule has 55 heavy (non-hydrogen) atoms.